The van der Waals surface area contributed by atoms with Crippen LogP contribution in [0.3, 0.4) is 0 Å². The third kappa shape index (κ3) is 3.85. The third-order valence-electron chi connectivity index (χ3n) is 3.53. The monoisotopic (exact) mass is 309 g/mol. The molecule has 2 aromatic rings. The molecule has 2 N–H and O–H groups in total. The summed E-state index contributed by atoms with van der Waals surface area (Å²) in [6.45, 7) is 6.42. The number of rotatable bonds is 6. The van der Waals surface area contributed by atoms with Gasteiger partial charge in [-0.2, -0.15) is 10.2 Å². The van der Waals surface area contributed by atoms with E-state index in [9.17, 15) is 4.79 Å². The van der Waals surface area contributed by atoms with Crippen molar-refractivity contribution < 1.29 is 4.79 Å². The molecule has 7 heteroatoms. The summed E-state index contributed by atoms with van der Waals surface area (Å²) in [7, 11) is 0. The van der Waals surface area contributed by atoms with Crippen molar-refractivity contribution >= 4 is 17.5 Å². The van der Waals surface area contributed by atoms with Gasteiger partial charge in [0.25, 0.3) is 0 Å². The molecule has 2 rings (SSSR count). The van der Waals surface area contributed by atoms with Gasteiger partial charge in [0.05, 0.1) is 16.9 Å². The summed E-state index contributed by atoms with van der Waals surface area (Å²) in [5, 5.41) is 14.6. The number of aryl methyl sites for hydroxylation is 2. The van der Waals surface area contributed by atoms with Crippen LogP contribution in [0.1, 0.15) is 36.3 Å². The van der Waals surface area contributed by atoms with E-state index in [4.69, 9.17) is 11.6 Å². The zero-order valence-electron chi connectivity index (χ0n) is 12.5. The van der Waals surface area contributed by atoms with Gasteiger partial charge >= 0.3 is 0 Å². The standard InChI is InChI=1S/C14H20ClN5O/c1-9-13(10(2)19-18-9)5-4-6-16-14(21)11(3)20-8-12(15)7-17-20/h7-8,11H,4-6H2,1-3H3,(H,16,21)(H,18,19)/t11-/m0/s1. The molecule has 114 valence electrons. The van der Waals surface area contributed by atoms with Crippen LogP contribution in [-0.4, -0.2) is 32.4 Å². The Kier molecular flexibility index (Phi) is 5.01. The Balaban J connectivity index is 1.77. The smallest absolute Gasteiger partial charge is 0.244 e. The van der Waals surface area contributed by atoms with E-state index in [1.807, 2.05) is 13.8 Å². The van der Waals surface area contributed by atoms with E-state index in [0.717, 1.165) is 24.2 Å². The van der Waals surface area contributed by atoms with Crippen LogP contribution in [0.15, 0.2) is 12.4 Å². The summed E-state index contributed by atoms with van der Waals surface area (Å²) >= 11 is 5.80. The lowest BCUT2D eigenvalue weighted by Gasteiger charge is -2.12. The van der Waals surface area contributed by atoms with E-state index in [1.165, 1.54) is 11.8 Å². The number of hydrogen-bond donors (Lipinski definition) is 2. The van der Waals surface area contributed by atoms with Gasteiger partial charge in [-0.15, -0.1) is 0 Å². The molecule has 0 fully saturated rings. The molecule has 0 aliphatic rings. The highest BCUT2D eigenvalue weighted by molar-refractivity contribution is 6.30. The molecule has 21 heavy (non-hydrogen) atoms. The van der Waals surface area contributed by atoms with Crippen LogP contribution in [0.25, 0.3) is 0 Å². The van der Waals surface area contributed by atoms with Crippen molar-refractivity contribution in [2.24, 2.45) is 0 Å². The quantitative estimate of drug-likeness (QED) is 0.803. The van der Waals surface area contributed by atoms with Crippen molar-refractivity contribution in [3.8, 4) is 0 Å². The Hall–Kier alpha value is -1.82. The fourth-order valence-corrected chi connectivity index (χ4v) is 2.36. The van der Waals surface area contributed by atoms with Crippen molar-refractivity contribution in [2.75, 3.05) is 6.54 Å². The molecular weight excluding hydrogens is 290 g/mol. The summed E-state index contributed by atoms with van der Waals surface area (Å²) in [5.74, 6) is -0.0598. The van der Waals surface area contributed by atoms with Gasteiger partial charge in [-0.3, -0.25) is 14.6 Å². The molecule has 6 nitrogen and oxygen atoms in total. The predicted molar refractivity (Wildman–Crippen MR) is 81.3 cm³/mol. The summed E-state index contributed by atoms with van der Waals surface area (Å²) in [6, 6.07) is -0.366. The maximum Gasteiger partial charge on any atom is 0.244 e. The Bertz CT molecular complexity index is 599. The number of carbonyl (C=O) groups excluding carboxylic acids is 1. The number of aromatic amines is 1. The molecule has 0 aliphatic heterocycles. The van der Waals surface area contributed by atoms with Gasteiger partial charge in [-0.05, 0) is 39.2 Å². The van der Waals surface area contributed by atoms with Crippen molar-refractivity contribution in [2.45, 2.75) is 39.7 Å². The number of carbonyl (C=O) groups is 1. The molecule has 0 bridgehead atoms. The zero-order chi connectivity index (χ0) is 15.4. The molecule has 0 aromatic carbocycles. The van der Waals surface area contributed by atoms with Gasteiger partial charge in [0, 0.05) is 18.4 Å². The summed E-state index contributed by atoms with van der Waals surface area (Å²) in [5.41, 5.74) is 3.35. The third-order valence-corrected chi connectivity index (χ3v) is 3.72. The molecule has 0 radical (unpaired) electrons. The maximum absolute atomic E-state index is 12.0. The maximum atomic E-state index is 12.0. The van der Waals surface area contributed by atoms with Crippen LogP contribution in [-0.2, 0) is 11.2 Å². The Morgan fingerprint density at radius 1 is 1.52 bits per heavy atom. The first kappa shape index (κ1) is 15.6. The van der Waals surface area contributed by atoms with Crippen molar-refractivity contribution in [1.29, 1.82) is 0 Å². The highest BCUT2D eigenvalue weighted by Gasteiger charge is 2.15. The number of aromatic nitrogens is 4. The number of H-pyrrole nitrogens is 1. The first-order valence-corrected chi connectivity index (χ1v) is 7.34. The molecule has 2 heterocycles. The molecule has 0 aliphatic carbocycles. The molecule has 1 amide bonds. The lowest BCUT2D eigenvalue weighted by atomic mass is 10.1. The van der Waals surface area contributed by atoms with E-state index in [2.05, 4.69) is 20.6 Å². The second-order valence-corrected chi connectivity index (χ2v) is 5.56. The van der Waals surface area contributed by atoms with E-state index in [-0.39, 0.29) is 11.9 Å². The van der Waals surface area contributed by atoms with Crippen LogP contribution in [0.2, 0.25) is 5.02 Å². The highest BCUT2D eigenvalue weighted by Crippen LogP contribution is 2.12. The molecular formula is C14H20ClN5O. The second kappa shape index (κ2) is 6.76. The Labute approximate surface area is 128 Å². The second-order valence-electron chi connectivity index (χ2n) is 5.12. The first-order valence-electron chi connectivity index (χ1n) is 6.97. The topological polar surface area (TPSA) is 75.6 Å². The lowest BCUT2D eigenvalue weighted by molar-refractivity contribution is -0.124. The summed E-state index contributed by atoms with van der Waals surface area (Å²) < 4.78 is 1.56. The average Bonchev–Trinajstić information content (AvgIpc) is 3.02. The van der Waals surface area contributed by atoms with Crippen molar-refractivity contribution in [1.82, 2.24) is 25.3 Å². The lowest BCUT2D eigenvalue weighted by Crippen LogP contribution is -2.32. The van der Waals surface area contributed by atoms with E-state index < -0.39 is 0 Å². The van der Waals surface area contributed by atoms with Crippen LogP contribution in [0, 0.1) is 13.8 Å². The number of nitrogens with zero attached hydrogens (tertiary/aromatic N) is 3. The Morgan fingerprint density at radius 3 is 2.86 bits per heavy atom. The Morgan fingerprint density at radius 2 is 2.29 bits per heavy atom. The van der Waals surface area contributed by atoms with Crippen LogP contribution in [0.5, 0.6) is 0 Å². The molecule has 0 unspecified atom stereocenters. The van der Waals surface area contributed by atoms with Crippen molar-refractivity contribution in [3.05, 3.63) is 34.4 Å². The fraction of sp³-hybridized carbons (Fsp3) is 0.500. The SMILES string of the molecule is Cc1n[nH]c(C)c1CCCNC(=O)[C@H](C)n1cc(Cl)cn1. The van der Waals surface area contributed by atoms with Crippen LogP contribution >= 0.6 is 11.6 Å². The first-order chi connectivity index (χ1) is 9.99. The van der Waals surface area contributed by atoms with Crippen LogP contribution in [0.4, 0.5) is 0 Å². The highest BCUT2D eigenvalue weighted by atomic mass is 35.5. The number of amides is 1. The van der Waals surface area contributed by atoms with E-state index in [1.54, 1.807) is 17.8 Å². The zero-order valence-corrected chi connectivity index (χ0v) is 13.2. The van der Waals surface area contributed by atoms with Gasteiger partial charge in [-0.25, -0.2) is 0 Å². The van der Waals surface area contributed by atoms with Gasteiger partial charge in [-0.1, -0.05) is 11.6 Å². The van der Waals surface area contributed by atoms with Gasteiger partial charge in [0.15, 0.2) is 0 Å². The van der Waals surface area contributed by atoms with E-state index in [0.29, 0.717) is 11.6 Å². The number of halogens is 1. The summed E-state index contributed by atoms with van der Waals surface area (Å²) in [4.78, 5) is 12.0. The number of nitrogens with one attached hydrogen (secondary N) is 2. The van der Waals surface area contributed by atoms with Crippen LogP contribution < -0.4 is 5.32 Å². The van der Waals surface area contributed by atoms with Gasteiger partial charge < -0.3 is 5.32 Å². The fourth-order valence-electron chi connectivity index (χ4n) is 2.21. The molecule has 0 spiro atoms. The average molecular weight is 310 g/mol. The molecule has 0 saturated carbocycles. The van der Waals surface area contributed by atoms with E-state index >= 15 is 0 Å². The van der Waals surface area contributed by atoms with Gasteiger partial charge in [0.2, 0.25) is 5.91 Å². The minimum atomic E-state index is -0.366. The largest absolute Gasteiger partial charge is 0.354 e. The van der Waals surface area contributed by atoms with Crippen molar-refractivity contribution in [3.63, 3.8) is 0 Å². The van der Waals surface area contributed by atoms with Gasteiger partial charge in [0.1, 0.15) is 6.04 Å². The summed E-state index contributed by atoms with van der Waals surface area (Å²) in [6.07, 6.45) is 4.94. The normalized spacial score (nSPS) is 12.4. The number of hydrogen-bond acceptors (Lipinski definition) is 3. The molecule has 0 saturated heterocycles. The minimum Gasteiger partial charge on any atom is -0.354 e. The predicted octanol–water partition coefficient (Wildman–Crippen LogP) is 2.19. The molecule has 2 aromatic heterocycles. The minimum absolute atomic E-state index is 0.0598. The molecule has 1 atom stereocenters.